The average Bonchev–Trinajstić information content (AvgIpc) is 3.21. The molecule has 31 heavy (non-hydrogen) atoms. The zero-order chi connectivity index (χ0) is 22.3. The Kier molecular flexibility index (Phi) is 6.65. The molecular weight excluding hydrogens is 413 g/mol. The molecular formula is C20H17F3N6O2. The molecule has 0 atom stereocenters. The molecule has 3 aromatic rings. The van der Waals surface area contributed by atoms with Crippen LogP contribution < -0.4 is 14.8 Å². The first-order valence-electron chi connectivity index (χ1n) is 8.79. The summed E-state index contributed by atoms with van der Waals surface area (Å²) in [7, 11) is 1.45. The minimum absolute atomic E-state index is 0.107. The van der Waals surface area contributed by atoms with E-state index < -0.39 is 11.7 Å². The Morgan fingerprint density at radius 3 is 2.81 bits per heavy atom. The van der Waals surface area contributed by atoms with E-state index in [1.54, 1.807) is 18.2 Å². The molecule has 0 aliphatic heterocycles. The van der Waals surface area contributed by atoms with E-state index in [1.807, 2.05) is 0 Å². The summed E-state index contributed by atoms with van der Waals surface area (Å²) >= 11 is 0. The van der Waals surface area contributed by atoms with Crippen LogP contribution in [0.3, 0.4) is 0 Å². The van der Waals surface area contributed by atoms with Crippen LogP contribution in [0.15, 0.2) is 67.6 Å². The van der Waals surface area contributed by atoms with Crippen LogP contribution in [0.4, 0.5) is 24.8 Å². The zero-order valence-corrected chi connectivity index (χ0v) is 16.2. The molecule has 3 rings (SSSR count). The SMILES string of the molecule is C=C/C(=C\C=C\Oc1ccnc(OC)n1)c1nc(Nc2cccc(C(F)(F)F)c2)n[nH]1. The lowest BCUT2D eigenvalue weighted by atomic mass is 10.2. The normalized spacial score (nSPS) is 12.1. The van der Waals surface area contributed by atoms with Gasteiger partial charge < -0.3 is 14.8 Å². The van der Waals surface area contributed by atoms with Crippen LogP contribution in [0.1, 0.15) is 11.4 Å². The second-order valence-corrected chi connectivity index (χ2v) is 5.87. The maximum absolute atomic E-state index is 12.8. The van der Waals surface area contributed by atoms with E-state index in [1.165, 1.54) is 37.8 Å². The average molecular weight is 430 g/mol. The van der Waals surface area contributed by atoms with Gasteiger partial charge in [0.1, 0.15) is 0 Å². The van der Waals surface area contributed by atoms with E-state index in [4.69, 9.17) is 9.47 Å². The van der Waals surface area contributed by atoms with Crippen LogP contribution in [0.5, 0.6) is 11.9 Å². The third-order valence-electron chi connectivity index (χ3n) is 3.76. The summed E-state index contributed by atoms with van der Waals surface area (Å²) in [5.74, 6) is 0.761. The van der Waals surface area contributed by atoms with E-state index in [-0.39, 0.29) is 17.6 Å². The van der Waals surface area contributed by atoms with Crippen molar-refractivity contribution in [1.82, 2.24) is 25.1 Å². The van der Waals surface area contributed by atoms with E-state index in [0.29, 0.717) is 17.3 Å². The molecule has 0 bridgehead atoms. The number of aromatic nitrogens is 5. The standard InChI is InChI=1S/C20H17F3N6O2/c1-3-13(6-5-11-31-16-9-10-24-19(26-16)30-2)17-27-18(29-28-17)25-15-8-4-7-14(12-15)20(21,22)23/h3-12H,1H2,2H3,(H2,25,27,28,29)/b11-5+,13-6+. The highest BCUT2D eigenvalue weighted by molar-refractivity contribution is 5.71. The summed E-state index contributed by atoms with van der Waals surface area (Å²) in [6.45, 7) is 3.72. The summed E-state index contributed by atoms with van der Waals surface area (Å²) in [6.07, 6.45) is 3.23. The number of ether oxygens (including phenoxy) is 2. The van der Waals surface area contributed by atoms with Crippen LogP contribution in [0.2, 0.25) is 0 Å². The smallest absolute Gasteiger partial charge is 0.416 e. The fourth-order valence-electron chi connectivity index (χ4n) is 2.33. The number of halogens is 3. The number of nitrogens with zero attached hydrogens (tertiary/aromatic N) is 4. The van der Waals surface area contributed by atoms with Gasteiger partial charge in [-0.1, -0.05) is 18.7 Å². The molecule has 2 heterocycles. The summed E-state index contributed by atoms with van der Waals surface area (Å²) in [4.78, 5) is 12.1. The molecule has 8 nitrogen and oxygen atoms in total. The van der Waals surface area contributed by atoms with Crippen LogP contribution in [0.25, 0.3) is 5.57 Å². The van der Waals surface area contributed by atoms with Gasteiger partial charge in [0, 0.05) is 23.5 Å². The maximum Gasteiger partial charge on any atom is 0.416 e. The minimum atomic E-state index is -4.44. The third kappa shape index (κ3) is 5.92. The van der Waals surface area contributed by atoms with Crippen LogP contribution in [-0.4, -0.2) is 32.3 Å². The number of aromatic amines is 1. The summed E-state index contributed by atoms with van der Waals surface area (Å²) < 4.78 is 48.8. The van der Waals surface area contributed by atoms with Crippen molar-refractivity contribution in [3.63, 3.8) is 0 Å². The molecule has 0 aliphatic carbocycles. The van der Waals surface area contributed by atoms with Crippen LogP contribution in [0, 0.1) is 0 Å². The molecule has 11 heteroatoms. The number of allylic oxidation sites excluding steroid dienone is 4. The van der Waals surface area contributed by atoms with Crippen molar-refractivity contribution in [3.8, 4) is 11.9 Å². The van der Waals surface area contributed by atoms with Gasteiger partial charge in [0.25, 0.3) is 0 Å². The van der Waals surface area contributed by atoms with Crippen molar-refractivity contribution >= 4 is 17.2 Å². The molecule has 0 aliphatic rings. The Morgan fingerprint density at radius 2 is 2.06 bits per heavy atom. The molecule has 0 fully saturated rings. The van der Waals surface area contributed by atoms with E-state index in [0.717, 1.165) is 12.1 Å². The number of anilines is 2. The Labute approximate surface area is 175 Å². The summed E-state index contributed by atoms with van der Waals surface area (Å²) in [6, 6.07) is 6.48. The van der Waals surface area contributed by atoms with Crippen molar-refractivity contribution < 1.29 is 22.6 Å². The van der Waals surface area contributed by atoms with Gasteiger partial charge in [-0.25, -0.2) is 4.98 Å². The fraction of sp³-hybridized carbons (Fsp3) is 0.100. The van der Waals surface area contributed by atoms with Crippen molar-refractivity contribution in [1.29, 1.82) is 0 Å². The van der Waals surface area contributed by atoms with Gasteiger partial charge in [-0.15, -0.1) is 5.10 Å². The van der Waals surface area contributed by atoms with Gasteiger partial charge >= 0.3 is 12.2 Å². The molecule has 2 aromatic heterocycles. The number of benzene rings is 1. The number of hydrogen-bond donors (Lipinski definition) is 2. The monoisotopic (exact) mass is 430 g/mol. The van der Waals surface area contributed by atoms with Crippen LogP contribution >= 0.6 is 0 Å². The number of H-pyrrole nitrogens is 1. The lowest BCUT2D eigenvalue weighted by Crippen LogP contribution is -2.05. The lowest BCUT2D eigenvalue weighted by Gasteiger charge is -2.08. The second-order valence-electron chi connectivity index (χ2n) is 5.87. The van der Waals surface area contributed by atoms with Crippen molar-refractivity contribution in [2.45, 2.75) is 6.18 Å². The van der Waals surface area contributed by atoms with Crippen molar-refractivity contribution in [2.24, 2.45) is 0 Å². The minimum Gasteiger partial charge on any atom is -0.467 e. The predicted molar refractivity (Wildman–Crippen MR) is 108 cm³/mol. The Balaban J connectivity index is 1.67. The number of hydrogen-bond acceptors (Lipinski definition) is 7. The Hall–Kier alpha value is -4.15. The first-order valence-corrected chi connectivity index (χ1v) is 8.79. The highest BCUT2D eigenvalue weighted by Gasteiger charge is 2.30. The summed E-state index contributed by atoms with van der Waals surface area (Å²) in [5.41, 5.74) is 0.00849. The van der Waals surface area contributed by atoms with Crippen LogP contribution in [-0.2, 0) is 6.18 Å². The van der Waals surface area contributed by atoms with Gasteiger partial charge in [0.15, 0.2) is 5.82 Å². The lowest BCUT2D eigenvalue weighted by molar-refractivity contribution is -0.137. The fourth-order valence-corrected chi connectivity index (χ4v) is 2.33. The molecule has 160 valence electrons. The Bertz CT molecular complexity index is 1110. The van der Waals surface area contributed by atoms with Gasteiger partial charge in [-0.3, -0.25) is 5.10 Å². The molecule has 2 N–H and O–H groups in total. The molecule has 0 saturated heterocycles. The second kappa shape index (κ2) is 9.57. The first kappa shape index (κ1) is 21.6. The van der Waals surface area contributed by atoms with Gasteiger partial charge in [0.2, 0.25) is 11.8 Å². The maximum atomic E-state index is 12.8. The van der Waals surface area contributed by atoms with Gasteiger partial charge in [-0.05, 0) is 30.4 Å². The number of alkyl halides is 3. The van der Waals surface area contributed by atoms with Gasteiger partial charge in [0.05, 0.1) is 18.9 Å². The van der Waals surface area contributed by atoms with E-state index in [9.17, 15) is 13.2 Å². The molecule has 0 saturated carbocycles. The zero-order valence-electron chi connectivity index (χ0n) is 16.2. The number of methoxy groups -OCH3 is 1. The topological polar surface area (TPSA) is 97.8 Å². The number of nitrogens with one attached hydrogen (secondary N) is 2. The van der Waals surface area contributed by atoms with Crippen molar-refractivity contribution in [3.05, 3.63) is 79.0 Å². The highest BCUT2D eigenvalue weighted by atomic mass is 19.4. The molecule has 0 unspecified atom stereocenters. The van der Waals surface area contributed by atoms with Gasteiger partial charge in [-0.2, -0.15) is 23.1 Å². The van der Waals surface area contributed by atoms with E-state index >= 15 is 0 Å². The largest absolute Gasteiger partial charge is 0.467 e. The molecule has 0 spiro atoms. The molecule has 1 aromatic carbocycles. The highest BCUT2D eigenvalue weighted by Crippen LogP contribution is 2.31. The van der Waals surface area contributed by atoms with Crippen molar-refractivity contribution in [2.75, 3.05) is 12.4 Å². The molecule has 0 radical (unpaired) electrons. The quantitative estimate of drug-likeness (QED) is 0.400. The molecule has 0 amide bonds. The Morgan fingerprint density at radius 1 is 1.23 bits per heavy atom. The van der Waals surface area contributed by atoms with E-state index in [2.05, 4.69) is 37.0 Å². The summed E-state index contributed by atoms with van der Waals surface area (Å²) in [5, 5.41) is 9.39. The first-order chi connectivity index (χ1) is 14.9. The predicted octanol–water partition coefficient (Wildman–Crippen LogP) is 4.53. The third-order valence-corrected chi connectivity index (χ3v) is 3.76. The number of rotatable bonds is 8.